The van der Waals surface area contributed by atoms with E-state index >= 15 is 0 Å². The maximum atomic E-state index is 12.1. The zero-order valence-corrected chi connectivity index (χ0v) is 18.0. The summed E-state index contributed by atoms with van der Waals surface area (Å²) in [6, 6.07) is 16.3. The molecule has 0 amide bonds. The third-order valence-electron chi connectivity index (χ3n) is 4.93. The summed E-state index contributed by atoms with van der Waals surface area (Å²) in [6.45, 7) is 0.400. The first-order valence-electron chi connectivity index (χ1n) is 9.67. The number of nitriles is 1. The molecule has 0 unspecified atom stereocenters. The molecule has 0 spiro atoms. The highest BCUT2D eigenvalue weighted by Crippen LogP contribution is 2.31. The Morgan fingerprint density at radius 2 is 1.91 bits per heavy atom. The van der Waals surface area contributed by atoms with E-state index in [2.05, 4.69) is 25.5 Å². The summed E-state index contributed by atoms with van der Waals surface area (Å²) in [6.07, 6.45) is 2.92. The van der Waals surface area contributed by atoms with Crippen molar-refractivity contribution in [2.45, 2.75) is 11.3 Å². The molecule has 32 heavy (non-hydrogen) atoms. The second-order valence-electron chi connectivity index (χ2n) is 7.11. The molecular weight excluding hydrogens is 426 g/mol. The van der Waals surface area contributed by atoms with Gasteiger partial charge in [-0.3, -0.25) is 0 Å². The van der Waals surface area contributed by atoms with Gasteiger partial charge < -0.3 is 11.1 Å². The molecule has 0 radical (unpaired) electrons. The molecule has 0 saturated carbocycles. The van der Waals surface area contributed by atoms with Gasteiger partial charge in [0.05, 0.1) is 16.1 Å². The number of aromatic nitrogens is 4. The lowest BCUT2D eigenvalue weighted by Gasteiger charge is -2.13. The summed E-state index contributed by atoms with van der Waals surface area (Å²) in [5.41, 5.74) is 8.86. The van der Waals surface area contributed by atoms with Gasteiger partial charge in [-0.1, -0.05) is 30.3 Å². The zero-order valence-electron chi connectivity index (χ0n) is 17.1. The van der Waals surface area contributed by atoms with E-state index < -0.39 is 9.84 Å². The van der Waals surface area contributed by atoms with E-state index in [9.17, 15) is 13.7 Å². The van der Waals surface area contributed by atoms with Crippen LogP contribution in [-0.4, -0.2) is 41.4 Å². The van der Waals surface area contributed by atoms with Crippen LogP contribution >= 0.6 is 0 Å². The minimum atomic E-state index is -3.37. The number of fused-ring (bicyclic) bond motifs is 1. The molecule has 0 fully saturated rings. The van der Waals surface area contributed by atoms with Crippen LogP contribution < -0.4 is 11.1 Å². The fourth-order valence-electron chi connectivity index (χ4n) is 3.41. The number of hydrogen-bond acceptors (Lipinski definition) is 9. The Morgan fingerprint density at radius 3 is 2.69 bits per heavy atom. The Bertz CT molecular complexity index is 1460. The van der Waals surface area contributed by atoms with Gasteiger partial charge in [0.25, 0.3) is 0 Å². The number of nitrogen functional groups attached to an aromatic ring is 1. The van der Waals surface area contributed by atoms with Gasteiger partial charge in [-0.05, 0) is 23.8 Å². The molecule has 0 bridgehead atoms. The highest BCUT2D eigenvalue weighted by molar-refractivity contribution is 7.90. The average molecular weight is 446 g/mol. The summed E-state index contributed by atoms with van der Waals surface area (Å²) < 4.78 is 24.2. The average Bonchev–Trinajstić information content (AvgIpc) is 2.78. The fourth-order valence-corrected chi connectivity index (χ4v) is 4.08. The highest BCUT2D eigenvalue weighted by atomic mass is 32.2. The molecular formula is C22H19N7O2S. The van der Waals surface area contributed by atoms with Crippen molar-refractivity contribution in [3.05, 3.63) is 66.1 Å². The van der Waals surface area contributed by atoms with Crippen LogP contribution in [0.1, 0.15) is 11.3 Å². The summed E-state index contributed by atoms with van der Waals surface area (Å²) in [5, 5.41) is 22.0. The minimum absolute atomic E-state index is 0.105. The molecule has 10 heteroatoms. The number of sulfone groups is 1. The smallest absolute Gasteiger partial charge is 0.175 e. The summed E-state index contributed by atoms with van der Waals surface area (Å²) in [5.74, 6) is 0.447. The zero-order chi connectivity index (χ0) is 22.7. The molecule has 0 aliphatic heterocycles. The molecule has 4 aromatic rings. The monoisotopic (exact) mass is 445 g/mol. The van der Waals surface area contributed by atoms with Gasteiger partial charge in [0.2, 0.25) is 0 Å². The predicted molar refractivity (Wildman–Crippen MR) is 121 cm³/mol. The highest BCUT2D eigenvalue weighted by Gasteiger charge is 2.16. The molecule has 0 saturated heterocycles. The van der Waals surface area contributed by atoms with Crippen molar-refractivity contribution in [2.24, 2.45) is 0 Å². The molecule has 160 valence electrons. The van der Waals surface area contributed by atoms with Crippen molar-refractivity contribution in [3.63, 3.8) is 0 Å². The van der Waals surface area contributed by atoms with E-state index in [1.54, 1.807) is 18.2 Å². The molecule has 2 heterocycles. The number of rotatable bonds is 6. The van der Waals surface area contributed by atoms with Crippen molar-refractivity contribution in [2.75, 3.05) is 23.9 Å². The van der Waals surface area contributed by atoms with Crippen molar-refractivity contribution < 1.29 is 8.42 Å². The first kappa shape index (κ1) is 21.1. The quantitative estimate of drug-likeness (QED) is 0.457. The third kappa shape index (κ3) is 4.19. The van der Waals surface area contributed by atoms with E-state index in [1.807, 2.05) is 36.4 Å². The Balaban J connectivity index is 1.74. The Kier molecular flexibility index (Phi) is 5.66. The van der Waals surface area contributed by atoms with Crippen molar-refractivity contribution >= 4 is 32.4 Å². The summed E-state index contributed by atoms with van der Waals surface area (Å²) in [7, 11) is -3.37. The number of nitrogens with two attached hydrogens (primary N) is 1. The second kappa shape index (κ2) is 8.56. The number of nitrogens with one attached hydrogen (secondary N) is 1. The van der Waals surface area contributed by atoms with E-state index in [-0.39, 0.29) is 16.3 Å². The molecule has 2 aromatic carbocycles. The van der Waals surface area contributed by atoms with Gasteiger partial charge in [-0.25, -0.2) is 18.4 Å². The largest absolute Gasteiger partial charge is 0.382 e. The van der Waals surface area contributed by atoms with Crippen LogP contribution in [0, 0.1) is 11.3 Å². The summed E-state index contributed by atoms with van der Waals surface area (Å²) in [4.78, 5) is 8.14. The number of hydrogen-bond donors (Lipinski definition) is 2. The maximum absolute atomic E-state index is 12.1. The lowest BCUT2D eigenvalue weighted by molar-refractivity contribution is 0.602. The van der Waals surface area contributed by atoms with Gasteiger partial charge in [-0.15, -0.1) is 0 Å². The molecule has 9 nitrogen and oxygen atoms in total. The van der Waals surface area contributed by atoms with Gasteiger partial charge in [-0.2, -0.15) is 15.5 Å². The van der Waals surface area contributed by atoms with Crippen LogP contribution in [0.4, 0.5) is 11.6 Å². The Labute approximate surface area is 184 Å². The molecule has 4 rings (SSSR count). The molecule has 2 aromatic heterocycles. The predicted octanol–water partition coefficient (Wildman–Crippen LogP) is 2.60. The van der Waals surface area contributed by atoms with Crippen LogP contribution in [0.25, 0.3) is 22.0 Å². The Hall–Kier alpha value is -4.10. The number of anilines is 2. The van der Waals surface area contributed by atoms with E-state index in [1.165, 1.54) is 12.6 Å². The molecule has 0 aliphatic rings. The number of benzene rings is 2. The van der Waals surface area contributed by atoms with Crippen LogP contribution in [0.15, 0.2) is 59.8 Å². The van der Waals surface area contributed by atoms with E-state index in [0.717, 1.165) is 16.5 Å². The first-order chi connectivity index (χ1) is 15.4. The van der Waals surface area contributed by atoms with E-state index in [4.69, 9.17) is 5.73 Å². The molecule has 0 atom stereocenters. The summed E-state index contributed by atoms with van der Waals surface area (Å²) >= 11 is 0. The lowest BCUT2D eigenvalue weighted by Crippen LogP contribution is -2.12. The van der Waals surface area contributed by atoms with Gasteiger partial charge >= 0.3 is 0 Å². The SMILES string of the molecule is CS(=O)(=O)c1cccc(-c2c(CCNc3ncnc(N)c3C#N)nnc3ccccc23)c1. The number of nitrogens with zero attached hydrogens (tertiary/aromatic N) is 5. The van der Waals surface area contributed by atoms with Gasteiger partial charge in [0.15, 0.2) is 9.84 Å². The fraction of sp³-hybridized carbons (Fsp3) is 0.136. The minimum Gasteiger partial charge on any atom is -0.382 e. The van der Waals surface area contributed by atoms with Crippen molar-refractivity contribution in [1.82, 2.24) is 20.2 Å². The van der Waals surface area contributed by atoms with Crippen molar-refractivity contribution in [3.8, 4) is 17.2 Å². The molecule has 0 aliphatic carbocycles. The Morgan fingerprint density at radius 1 is 1.09 bits per heavy atom. The third-order valence-corrected chi connectivity index (χ3v) is 6.04. The molecule has 3 N–H and O–H groups in total. The maximum Gasteiger partial charge on any atom is 0.175 e. The standard InChI is InChI=1S/C22H19N7O2S/c1-32(30,31)15-6-4-5-14(11-15)20-16-7-2-3-8-18(16)28-29-19(20)9-10-25-22-17(12-23)21(24)26-13-27-22/h2-8,11,13H,9-10H2,1H3,(H3,24,25,26,27). The van der Waals surface area contributed by atoms with E-state index in [0.29, 0.717) is 30.0 Å². The lowest BCUT2D eigenvalue weighted by atomic mass is 9.98. The van der Waals surface area contributed by atoms with Crippen LogP contribution in [0.2, 0.25) is 0 Å². The topological polar surface area (TPSA) is 148 Å². The van der Waals surface area contributed by atoms with Gasteiger partial charge in [0.1, 0.15) is 29.6 Å². The van der Waals surface area contributed by atoms with Crippen LogP contribution in [0.5, 0.6) is 0 Å². The van der Waals surface area contributed by atoms with Crippen LogP contribution in [0.3, 0.4) is 0 Å². The van der Waals surface area contributed by atoms with Gasteiger partial charge in [0, 0.05) is 30.2 Å². The normalized spacial score (nSPS) is 11.2. The second-order valence-corrected chi connectivity index (χ2v) is 9.13. The van der Waals surface area contributed by atoms with Crippen LogP contribution in [-0.2, 0) is 16.3 Å². The van der Waals surface area contributed by atoms with Crippen molar-refractivity contribution in [1.29, 1.82) is 5.26 Å². The first-order valence-corrected chi connectivity index (χ1v) is 11.6.